The number of hydrogen-bond acceptors (Lipinski definition) is 6. The number of carboxylic acid groups (broad SMARTS) is 1. The first-order chi connectivity index (χ1) is 14.4. The molecule has 0 radical (unpaired) electrons. The topological polar surface area (TPSA) is 114 Å². The normalized spacial score (nSPS) is 12.8. The zero-order valence-electron chi connectivity index (χ0n) is 16.1. The monoisotopic (exact) mass is 428 g/mol. The van der Waals surface area contributed by atoms with Gasteiger partial charge in [0.25, 0.3) is 0 Å². The molecule has 0 spiro atoms. The summed E-state index contributed by atoms with van der Waals surface area (Å²) in [5.74, 6) is -0.350. The molecule has 0 unspecified atom stereocenters. The molecule has 0 bridgehead atoms. The van der Waals surface area contributed by atoms with Crippen LogP contribution in [-0.4, -0.2) is 41.9 Å². The largest absolute Gasteiger partial charge is 0.486 e. The second kappa shape index (κ2) is 9.84. The molecule has 8 nitrogen and oxygen atoms in total. The summed E-state index contributed by atoms with van der Waals surface area (Å²) in [5.41, 5.74) is 1.11. The van der Waals surface area contributed by atoms with Crippen LogP contribution >= 0.6 is 11.8 Å². The van der Waals surface area contributed by atoms with E-state index in [0.29, 0.717) is 36.1 Å². The number of carbonyl (C=O) groups excluding carboxylic acids is 2. The zero-order chi connectivity index (χ0) is 21.5. The van der Waals surface area contributed by atoms with Crippen molar-refractivity contribution < 1.29 is 29.0 Å². The molecular formula is C21H20N2O6S. The third kappa shape index (κ3) is 6.02. The molecule has 2 aromatic rings. The molecular weight excluding hydrogens is 408 g/mol. The molecule has 9 heteroatoms. The first kappa shape index (κ1) is 21.3. The van der Waals surface area contributed by atoms with Gasteiger partial charge in [0.05, 0.1) is 5.75 Å². The Hall–Kier alpha value is -3.46. The highest BCUT2D eigenvalue weighted by molar-refractivity contribution is 8.00. The van der Waals surface area contributed by atoms with Crippen LogP contribution in [0.3, 0.4) is 0 Å². The number of carbonyl (C=O) groups is 3. The summed E-state index contributed by atoms with van der Waals surface area (Å²) in [6.07, 6.45) is 1.02. The van der Waals surface area contributed by atoms with E-state index >= 15 is 0 Å². The highest BCUT2D eigenvalue weighted by Crippen LogP contribution is 2.32. The van der Waals surface area contributed by atoms with Crippen molar-refractivity contribution >= 4 is 40.9 Å². The molecule has 156 valence electrons. The van der Waals surface area contributed by atoms with Crippen molar-refractivity contribution in [3.8, 4) is 11.5 Å². The number of ether oxygens (including phenoxy) is 2. The fourth-order valence-corrected chi connectivity index (χ4v) is 3.24. The molecule has 2 aromatic carbocycles. The van der Waals surface area contributed by atoms with E-state index in [1.807, 2.05) is 0 Å². The molecule has 0 aliphatic carbocycles. The number of hydrogen-bond donors (Lipinski definition) is 3. The maximum absolute atomic E-state index is 12.2. The molecule has 1 heterocycles. The van der Waals surface area contributed by atoms with E-state index in [0.717, 1.165) is 11.0 Å². The minimum atomic E-state index is -1.15. The smallest absolute Gasteiger partial charge is 0.331 e. The van der Waals surface area contributed by atoms with Crippen molar-refractivity contribution in [3.63, 3.8) is 0 Å². The fraction of sp³-hybridized carbons (Fsp3) is 0.190. The van der Waals surface area contributed by atoms with Gasteiger partial charge in [-0.05, 0) is 43.3 Å². The average Bonchev–Trinajstić information content (AvgIpc) is 2.73. The number of amides is 2. The Morgan fingerprint density at radius 2 is 1.67 bits per heavy atom. The summed E-state index contributed by atoms with van der Waals surface area (Å²) in [4.78, 5) is 35.6. The van der Waals surface area contributed by atoms with Crippen LogP contribution < -0.4 is 20.1 Å². The third-order valence-corrected chi connectivity index (χ3v) is 5.01. The lowest BCUT2D eigenvalue weighted by molar-refractivity contribution is -0.132. The number of fused-ring (bicyclic) bond motifs is 1. The average molecular weight is 428 g/mol. The Morgan fingerprint density at radius 1 is 1.00 bits per heavy atom. The zero-order valence-corrected chi connectivity index (χ0v) is 17.0. The number of carboxylic acids is 1. The van der Waals surface area contributed by atoms with Crippen molar-refractivity contribution in [2.24, 2.45) is 0 Å². The number of benzene rings is 2. The number of aliphatic carboxylic acids is 1. The summed E-state index contributed by atoms with van der Waals surface area (Å²) < 4.78 is 11.0. The summed E-state index contributed by atoms with van der Waals surface area (Å²) in [5, 5.41) is 14.2. The van der Waals surface area contributed by atoms with Gasteiger partial charge in [0.1, 0.15) is 13.2 Å². The Balaban J connectivity index is 1.49. The summed E-state index contributed by atoms with van der Waals surface area (Å²) in [7, 11) is 0. The molecule has 2 amide bonds. The lowest BCUT2D eigenvalue weighted by Gasteiger charge is -2.19. The predicted octanol–water partition coefficient (Wildman–Crippen LogP) is 3.16. The van der Waals surface area contributed by atoms with Gasteiger partial charge in [-0.3, -0.25) is 9.59 Å². The van der Waals surface area contributed by atoms with Crippen molar-refractivity contribution in [1.82, 2.24) is 0 Å². The summed E-state index contributed by atoms with van der Waals surface area (Å²) in [6.45, 7) is 2.33. The summed E-state index contributed by atoms with van der Waals surface area (Å²) in [6, 6.07) is 12.2. The van der Waals surface area contributed by atoms with Gasteiger partial charge in [-0.25, -0.2) is 4.79 Å². The molecule has 1 aliphatic rings. The molecule has 0 atom stereocenters. The quantitative estimate of drug-likeness (QED) is 0.458. The van der Waals surface area contributed by atoms with E-state index < -0.39 is 11.9 Å². The van der Waals surface area contributed by atoms with Crippen LogP contribution in [0.2, 0.25) is 0 Å². The van der Waals surface area contributed by atoms with Crippen molar-refractivity contribution in [1.29, 1.82) is 0 Å². The van der Waals surface area contributed by atoms with Crippen molar-refractivity contribution in [3.05, 3.63) is 54.1 Å². The molecule has 0 fully saturated rings. The molecule has 0 saturated carbocycles. The van der Waals surface area contributed by atoms with Gasteiger partial charge in [-0.1, -0.05) is 0 Å². The molecule has 0 saturated heterocycles. The van der Waals surface area contributed by atoms with E-state index in [1.165, 1.54) is 18.7 Å². The molecule has 1 aliphatic heterocycles. The second-order valence-electron chi connectivity index (χ2n) is 6.34. The van der Waals surface area contributed by atoms with Gasteiger partial charge in [0.15, 0.2) is 11.5 Å². The van der Waals surface area contributed by atoms with Gasteiger partial charge in [0.2, 0.25) is 11.8 Å². The Labute approximate surface area is 177 Å². The minimum absolute atomic E-state index is 0.0521. The lowest BCUT2D eigenvalue weighted by atomic mass is 10.2. The van der Waals surface area contributed by atoms with Gasteiger partial charge in [-0.15, -0.1) is 11.8 Å². The highest BCUT2D eigenvalue weighted by atomic mass is 32.2. The molecule has 0 aromatic heterocycles. The fourth-order valence-electron chi connectivity index (χ4n) is 2.54. The first-order valence-corrected chi connectivity index (χ1v) is 10.0. The molecule has 3 N–H and O–H groups in total. The van der Waals surface area contributed by atoms with Gasteiger partial charge in [-0.2, -0.15) is 0 Å². The van der Waals surface area contributed by atoms with Crippen LogP contribution in [0.1, 0.15) is 6.92 Å². The summed E-state index contributed by atoms with van der Waals surface area (Å²) >= 11 is 1.35. The number of rotatable bonds is 7. The maximum Gasteiger partial charge on any atom is 0.331 e. The molecule has 30 heavy (non-hydrogen) atoms. The minimum Gasteiger partial charge on any atom is -0.486 e. The van der Waals surface area contributed by atoms with E-state index in [-0.39, 0.29) is 17.2 Å². The number of thioether (sulfide) groups is 1. The van der Waals surface area contributed by atoms with E-state index in [9.17, 15) is 14.4 Å². The van der Waals surface area contributed by atoms with E-state index in [4.69, 9.17) is 14.6 Å². The second-order valence-corrected chi connectivity index (χ2v) is 7.39. The highest BCUT2D eigenvalue weighted by Gasteiger charge is 2.13. The van der Waals surface area contributed by atoms with Crippen molar-refractivity contribution in [2.75, 3.05) is 29.6 Å². The molecule has 3 rings (SSSR count). The van der Waals surface area contributed by atoms with E-state index in [1.54, 1.807) is 42.5 Å². The van der Waals surface area contributed by atoms with Crippen LogP contribution in [0.4, 0.5) is 11.4 Å². The lowest BCUT2D eigenvalue weighted by Crippen LogP contribution is -2.17. The van der Waals surface area contributed by atoms with Crippen LogP contribution in [0.15, 0.2) is 59.0 Å². The SMILES string of the molecule is C/C(=C\C(=O)Nc1ccc(SCC(=O)Nc2ccc3c(c2)OCCO3)cc1)C(=O)O. The van der Waals surface area contributed by atoms with Crippen LogP contribution in [-0.2, 0) is 14.4 Å². The van der Waals surface area contributed by atoms with E-state index in [2.05, 4.69) is 10.6 Å². The first-order valence-electron chi connectivity index (χ1n) is 9.05. The van der Waals surface area contributed by atoms with Crippen LogP contribution in [0.25, 0.3) is 0 Å². The predicted molar refractivity (Wildman–Crippen MR) is 113 cm³/mol. The van der Waals surface area contributed by atoms with Gasteiger partial charge >= 0.3 is 5.97 Å². The van der Waals surface area contributed by atoms with Gasteiger partial charge in [0, 0.05) is 34.0 Å². The van der Waals surface area contributed by atoms with Gasteiger partial charge < -0.3 is 25.2 Å². The Bertz CT molecular complexity index is 987. The maximum atomic E-state index is 12.2. The Morgan fingerprint density at radius 3 is 2.37 bits per heavy atom. The van der Waals surface area contributed by atoms with Crippen molar-refractivity contribution in [2.45, 2.75) is 11.8 Å². The van der Waals surface area contributed by atoms with Crippen LogP contribution in [0.5, 0.6) is 11.5 Å². The third-order valence-electron chi connectivity index (χ3n) is 4.00. The Kier molecular flexibility index (Phi) is 6.97. The number of anilines is 2. The number of nitrogens with one attached hydrogen (secondary N) is 2. The standard InChI is InChI=1S/C21H20N2O6S/c1-13(21(26)27)10-19(24)22-14-2-5-16(6-3-14)30-12-20(25)23-15-4-7-17-18(11-15)29-9-8-28-17/h2-7,10-11H,8-9,12H2,1H3,(H,22,24)(H,23,25)(H,26,27)/b13-10+. The van der Waals surface area contributed by atoms with Crippen LogP contribution in [0, 0.1) is 0 Å².